The SMILES string of the molecule is COc1cc(C)c(CCCC(=O)N(C)N)cc1C. The predicted molar refractivity (Wildman–Crippen MR) is 72.4 cm³/mol. The molecule has 1 aromatic rings. The minimum atomic E-state index is -0.0297. The van der Waals surface area contributed by atoms with Crippen molar-refractivity contribution in [1.82, 2.24) is 5.01 Å². The zero-order chi connectivity index (χ0) is 13.7. The summed E-state index contributed by atoms with van der Waals surface area (Å²) in [5, 5.41) is 1.14. The van der Waals surface area contributed by atoms with Gasteiger partial charge in [0.05, 0.1) is 7.11 Å². The summed E-state index contributed by atoms with van der Waals surface area (Å²) in [5.41, 5.74) is 3.59. The number of amides is 1. The minimum Gasteiger partial charge on any atom is -0.496 e. The molecule has 1 rings (SSSR count). The molecule has 0 atom stereocenters. The van der Waals surface area contributed by atoms with Gasteiger partial charge >= 0.3 is 0 Å². The molecule has 4 nitrogen and oxygen atoms in total. The average molecular weight is 250 g/mol. The minimum absolute atomic E-state index is 0.0297. The number of nitrogens with zero attached hydrogens (tertiary/aromatic N) is 1. The number of hydrogen-bond acceptors (Lipinski definition) is 3. The molecular formula is C14H22N2O2. The van der Waals surface area contributed by atoms with E-state index in [1.165, 1.54) is 11.1 Å². The van der Waals surface area contributed by atoms with Crippen molar-refractivity contribution in [1.29, 1.82) is 0 Å². The van der Waals surface area contributed by atoms with Crippen molar-refractivity contribution in [2.75, 3.05) is 14.2 Å². The lowest BCUT2D eigenvalue weighted by Crippen LogP contribution is -2.32. The molecule has 0 aliphatic carbocycles. The molecule has 0 saturated carbocycles. The maximum Gasteiger partial charge on any atom is 0.236 e. The summed E-state index contributed by atoms with van der Waals surface area (Å²) < 4.78 is 5.28. The summed E-state index contributed by atoms with van der Waals surface area (Å²) in [6.45, 7) is 4.09. The summed E-state index contributed by atoms with van der Waals surface area (Å²) in [6, 6.07) is 4.17. The molecule has 0 bridgehead atoms. The average Bonchev–Trinajstić information content (AvgIpc) is 2.32. The van der Waals surface area contributed by atoms with Crippen molar-refractivity contribution in [2.24, 2.45) is 5.84 Å². The molecule has 0 unspecified atom stereocenters. The molecule has 0 aliphatic rings. The molecule has 0 fully saturated rings. The topological polar surface area (TPSA) is 55.6 Å². The Kier molecular flexibility index (Phi) is 5.16. The fourth-order valence-electron chi connectivity index (χ4n) is 1.95. The Hall–Kier alpha value is -1.55. The van der Waals surface area contributed by atoms with Crippen molar-refractivity contribution in [3.63, 3.8) is 0 Å². The Labute approximate surface area is 109 Å². The first kappa shape index (κ1) is 14.5. The van der Waals surface area contributed by atoms with E-state index in [4.69, 9.17) is 10.6 Å². The number of rotatable bonds is 5. The number of hydrogen-bond donors (Lipinski definition) is 1. The van der Waals surface area contributed by atoms with Gasteiger partial charge in [-0.25, -0.2) is 5.84 Å². The third kappa shape index (κ3) is 3.74. The Morgan fingerprint density at radius 1 is 1.33 bits per heavy atom. The van der Waals surface area contributed by atoms with Crippen LogP contribution in [-0.2, 0) is 11.2 Å². The van der Waals surface area contributed by atoms with Crippen LogP contribution in [0.25, 0.3) is 0 Å². The second-order valence-corrected chi connectivity index (χ2v) is 4.61. The molecule has 0 radical (unpaired) electrons. The Morgan fingerprint density at radius 2 is 2.00 bits per heavy atom. The molecule has 1 amide bonds. The van der Waals surface area contributed by atoms with Gasteiger partial charge in [0.15, 0.2) is 0 Å². The lowest BCUT2D eigenvalue weighted by molar-refractivity contribution is -0.130. The Balaban J connectivity index is 2.63. The first-order valence-corrected chi connectivity index (χ1v) is 6.11. The maximum absolute atomic E-state index is 11.4. The summed E-state index contributed by atoms with van der Waals surface area (Å²) >= 11 is 0. The molecule has 2 N–H and O–H groups in total. The number of ether oxygens (including phenoxy) is 1. The van der Waals surface area contributed by atoms with Crippen LogP contribution in [0.1, 0.15) is 29.5 Å². The maximum atomic E-state index is 11.4. The number of hydrazine groups is 1. The van der Waals surface area contributed by atoms with Crippen molar-refractivity contribution >= 4 is 5.91 Å². The standard InChI is InChI=1S/C14H22N2O2/c1-10-9-13(18-4)11(2)8-12(10)6-5-7-14(17)16(3)15/h8-9H,5-7,15H2,1-4H3. The number of nitrogens with two attached hydrogens (primary N) is 1. The third-order valence-electron chi connectivity index (χ3n) is 3.08. The number of benzene rings is 1. The third-order valence-corrected chi connectivity index (χ3v) is 3.08. The van der Waals surface area contributed by atoms with Gasteiger partial charge in [-0.3, -0.25) is 9.80 Å². The van der Waals surface area contributed by atoms with E-state index in [2.05, 4.69) is 13.0 Å². The number of carbonyl (C=O) groups excluding carboxylic acids is 1. The highest BCUT2D eigenvalue weighted by molar-refractivity contribution is 5.75. The number of methoxy groups -OCH3 is 1. The zero-order valence-corrected chi connectivity index (χ0v) is 11.6. The molecule has 0 saturated heterocycles. The second kappa shape index (κ2) is 6.40. The van der Waals surface area contributed by atoms with Crippen LogP contribution < -0.4 is 10.6 Å². The van der Waals surface area contributed by atoms with Gasteiger partial charge in [0.25, 0.3) is 0 Å². The van der Waals surface area contributed by atoms with Gasteiger partial charge < -0.3 is 4.74 Å². The molecular weight excluding hydrogens is 228 g/mol. The number of aryl methyl sites for hydroxylation is 3. The van der Waals surface area contributed by atoms with E-state index in [1.807, 2.05) is 13.0 Å². The van der Waals surface area contributed by atoms with Gasteiger partial charge in [-0.2, -0.15) is 0 Å². The van der Waals surface area contributed by atoms with E-state index < -0.39 is 0 Å². The van der Waals surface area contributed by atoms with Crippen LogP contribution in [0.15, 0.2) is 12.1 Å². The Morgan fingerprint density at radius 3 is 2.56 bits per heavy atom. The van der Waals surface area contributed by atoms with Crippen LogP contribution >= 0.6 is 0 Å². The van der Waals surface area contributed by atoms with Crippen LogP contribution in [0.4, 0.5) is 0 Å². The molecule has 0 aliphatic heterocycles. The van der Waals surface area contributed by atoms with E-state index in [0.717, 1.165) is 29.2 Å². The predicted octanol–water partition coefficient (Wildman–Crippen LogP) is 1.97. The summed E-state index contributed by atoms with van der Waals surface area (Å²) in [4.78, 5) is 11.4. The van der Waals surface area contributed by atoms with Crippen LogP contribution in [0.2, 0.25) is 0 Å². The second-order valence-electron chi connectivity index (χ2n) is 4.61. The van der Waals surface area contributed by atoms with Crippen molar-refractivity contribution in [2.45, 2.75) is 33.1 Å². The fourth-order valence-corrected chi connectivity index (χ4v) is 1.95. The number of carbonyl (C=O) groups is 1. The van der Waals surface area contributed by atoms with Gasteiger partial charge in [-0.15, -0.1) is 0 Å². The quantitative estimate of drug-likeness (QED) is 0.494. The van der Waals surface area contributed by atoms with Crippen LogP contribution in [0, 0.1) is 13.8 Å². The molecule has 1 aromatic carbocycles. The van der Waals surface area contributed by atoms with Crippen LogP contribution in [0.5, 0.6) is 5.75 Å². The highest BCUT2D eigenvalue weighted by Gasteiger charge is 2.07. The smallest absolute Gasteiger partial charge is 0.236 e. The highest BCUT2D eigenvalue weighted by atomic mass is 16.5. The first-order valence-electron chi connectivity index (χ1n) is 6.11. The van der Waals surface area contributed by atoms with Gasteiger partial charge in [0.2, 0.25) is 5.91 Å². The normalized spacial score (nSPS) is 10.3. The van der Waals surface area contributed by atoms with Crippen LogP contribution in [-0.4, -0.2) is 25.1 Å². The van der Waals surface area contributed by atoms with E-state index in [0.29, 0.717) is 6.42 Å². The van der Waals surface area contributed by atoms with E-state index in [9.17, 15) is 4.79 Å². The largest absolute Gasteiger partial charge is 0.496 e. The molecule has 0 heterocycles. The van der Waals surface area contributed by atoms with E-state index in [1.54, 1.807) is 14.2 Å². The van der Waals surface area contributed by atoms with E-state index >= 15 is 0 Å². The molecule has 100 valence electrons. The van der Waals surface area contributed by atoms with Gasteiger partial charge in [-0.05, 0) is 49.4 Å². The van der Waals surface area contributed by atoms with Gasteiger partial charge in [-0.1, -0.05) is 6.07 Å². The highest BCUT2D eigenvalue weighted by Crippen LogP contribution is 2.23. The lowest BCUT2D eigenvalue weighted by Gasteiger charge is -2.12. The lowest BCUT2D eigenvalue weighted by atomic mass is 9.99. The summed E-state index contributed by atoms with van der Waals surface area (Å²) in [6.07, 6.45) is 2.18. The monoisotopic (exact) mass is 250 g/mol. The van der Waals surface area contributed by atoms with Crippen molar-refractivity contribution < 1.29 is 9.53 Å². The fraction of sp³-hybridized carbons (Fsp3) is 0.500. The summed E-state index contributed by atoms with van der Waals surface area (Å²) in [5.74, 6) is 6.26. The first-order chi connectivity index (χ1) is 8.45. The molecule has 18 heavy (non-hydrogen) atoms. The van der Waals surface area contributed by atoms with Gasteiger partial charge in [0, 0.05) is 13.5 Å². The van der Waals surface area contributed by atoms with Crippen molar-refractivity contribution in [3.8, 4) is 5.75 Å². The van der Waals surface area contributed by atoms with Crippen LogP contribution in [0.3, 0.4) is 0 Å². The van der Waals surface area contributed by atoms with Crippen molar-refractivity contribution in [3.05, 3.63) is 28.8 Å². The van der Waals surface area contributed by atoms with Gasteiger partial charge in [0.1, 0.15) is 5.75 Å². The Bertz CT molecular complexity index is 428. The zero-order valence-electron chi connectivity index (χ0n) is 11.6. The van der Waals surface area contributed by atoms with E-state index in [-0.39, 0.29) is 5.91 Å². The molecule has 4 heteroatoms. The summed E-state index contributed by atoms with van der Waals surface area (Å²) in [7, 11) is 3.25. The molecule has 0 spiro atoms. The molecule has 0 aromatic heterocycles.